The second-order valence-electron chi connectivity index (χ2n) is 5.22. The summed E-state index contributed by atoms with van der Waals surface area (Å²) in [6.45, 7) is 4.03. The highest BCUT2D eigenvalue weighted by molar-refractivity contribution is 5.76. The zero-order valence-electron chi connectivity index (χ0n) is 13.3. The van der Waals surface area contributed by atoms with Crippen LogP contribution in [0.5, 0.6) is 5.75 Å². The first-order chi connectivity index (χ1) is 10.6. The average Bonchev–Trinajstić information content (AvgIpc) is 3.02. The van der Waals surface area contributed by atoms with Crippen molar-refractivity contribution in [3.05, 3.63) is 36.4 Å². The molecular formula is C17H22N2O3. The summed E-state index contributed by atoms with van der Waals surface area (Å²) in [6.07, 6.45) is 3.49. The quantitative estimate of drug-likeness (QED) is 0.853. The standard InChI is InChI=1S/C17H22N2O3/c1-4-12(2)19-16(20)9-10-17-18-11-15(22-17)13-5-7-14(21-3)8-6-13/h5-8,11-12H,4,9-10H2,1-3H3,(H,19,20). The third-order valence-electron chi connectivity index (χ3n) is 3.51. The lowest BCUT2D eigenvalue weighted by Gasteiger charge is -2.10. The number of ether oxygens (including phenoxy) is 1. The molecule has 2 aromatic rings. The molecule has 1 aromatic heterocycles. The fraction of sp³-hybridized carbons (Fsp3) is 0.412. The molecule has 0 fully saturated rings. The van der Waals surface area contributed by atoms with Crippen LogP contribution in [0.25, 0.3) is 11.3 Å². The molecule has 1 heterocycles. The van der Waals surface area contributed by atoms with Crippen molar-refractivity contribution in [2.75, 3.05) is 7.11 Å². The zero-order chi connectivity index (χ0) is 15.9. The number of nitrogens with zero attached hydrogens (tertiary/aromatic N) is 1. The average molecular weight is 302 g/mol. The molecule has 1 amide bonds. The minimum absolute atomic E-state index is 0.0264. The largest absolute Gasteiger partial charge is 0.497 e. The molecule has 0 aliphatic carbocycles. The fourth-order valence-electron chi connectivity index (χ4n) is 1.98. The Morgan fingerprint density at radius 2 is 2.09 bits per heavy atom. The Balaban J connectivity index is 1.92. The van der Waals surface area contributed by atoms with E-state index in [4.69, 9.17) is 9.15 Å². The number of hydrogen-bond acceptors (Lipinski definition) is 4. The van der Waals surface area contributed by atoms with Crippen molar-refractivity contribution in [1.29, 1.82) is 0 Å². The molecule has 0 saturated heterocycles. The van der Waals surface area contributed by atoms with Crippen LogP contribution in [0.15, 0.2) is 34.9 Å². The van der Waals surface area contributed by atoms with Gasteiger partial charge in [0.1, 0.15) is 5.75 Å². The monoisotopic (exact) mass is 302 g/mol. The molecule has 5 heteroatoms. The van der Waals surface area contributed by atoms with Crippen molar-refractivity contribution in [2.45, 2.75) is 39.2 Å². The summed E-state index contributed by atoms with van der Waals surface area (Å²) in [4.78, 5) is 16.0. The van der Waals surface area contributed by atoms with E-state index in [1.54, 1.807) is 13.3 Å². The summed E-state index contributed by atoms with van der Waals surface area (Å²) in [5.74, 6) is 2.09. The van der Waals surface area contributed by atoms with E-state index in [0.717, 1.165) is 17.7 Å². The Morgan fingerprint density at radius 3 is 2.73 bits per heavy atom. The van der Waals surface area contributed by atoms with E-state index in [0.29, 0.717) is 24.5 Å². The van der Waals surface area contributed by atoms with E-state index >= 15 is 0 Å². The summed E-state index contributed by atoms with van der Waals surface area (Å²) in [5, 5.41) is 2.93. The van der Waals surface area contributed by atoms with Crippen LogP contribution >= 0.6 is 0 Å². The number of methoxy groups -OCH3 is 1. The Kier molecular flexibility index (Phi) is 5.58. The van der Waals surface area contributed by atoms with Gasteiger partial charge in [-0.25, -0.2) is 4.98 Å². The van der Waals surface area contributed by atoms with Gasteiger partial charge in [0, 0.05) is 24.4 Å². The Labute approximate surface area is 130 Å². The van der Waals surface area contributed by atoms with Gasteiger partial charge < -0.3 is 14.5 Å². The number of benzene rings is 1. The summed E-state index contributed by atoms with van der Waals surface area (Å²) < 4.78 is 10.8. The van der Waals surface area contributed by atoms with Crippen LogP contribution in [0.3, 0.4) is 0 Å². The van der Waals surface area contributed by atoms with Gasteiger partial charge in [-0.3, -0.25) is 4.79 Å². The molecule has 1 N–H and O–H groups in total. The number of rotatable bonds is 7. The van der Waals surface area contributed by atoms with Gasteiger partial charge in [0.15, 0.2) is 11.7 Å². The van der Waals surface area contributed by atoms with Crippen molar-refractivity contribution >= 4 is 5.91 Å². The lowest BCUT2D eigenvalue weighted by Crippen LogP contribution is -2.32. The highest BCUT2D eigenvalue weighted by atomic mass is 16.5. The van der Waals surface area contributed by atoms with Crippen LogP contribution in [0.2, 0.25) is 0 Å². The van der Waals surface area contributed by atoms with Crippen molar-refractivity contribution in [3.8, 4) is 17.1 Å². The first-order valence-corrected chi connectivity index (χ1v) is 7.51. The number of amides is 1. The van der Waals surface area contributed by atoms with Gasteiger partial charge in [-0.2, -0.15) is 0 Å². The molecule has 0 saturated carbocycles. The van der Waals surface area contributed by atoms with E-state index in [2.05, 4.69) is 10.3 Å². The number of aromatic nitrogens is 1. The molecule has 1 unspecified atom stereocenters. The molecule has 118 valence electrons. The van der Waals surface area contributed by atoms with Gasteiger partial charge in [0.2, 0.25) is 5.91 Å². The summed E-state index contributed by atoms with van der Waals surface area (Å²) >= 11 is 0. The molecule has 0 radical (unpaired) electrons. The molecule has 1 aromatic carbocycles. The minimum atomic E-state index is 0.0264. The number of hydrogen-bond donors (Lipinski definition) is 1. The van der Waals surface area contributed by atoms with Gasteiger partial charge in [-0.05, 0) is 37.6 Å². The van der Waals surface area contributed by atoms with Crippen LogP contribution < -0.4 is 10.1 Å². The lowest BCUT2D eigenvalue weighted by molar-refractivity contribution is -0.121. The molecule has 2 rings (SSSR count). The van der Waals surface area contributed by atoms with Gasteiger partial charge in [0.25, 0.3) is 0 Å². The summed E-state index contributed by atoms with van der Waals surface area (Å²) in [5.41, 5.74) is 0.934. The van der Waals surface area contributed by atoms with Crippen molar-refractivity contribution < 1.29 is 13.9 Å². The molecular weight excluding hydrogens is 280 g/mol. The minimum Gasteiger partial charge on any atom is -0.497 e. The Bertz CT molecular complexity index is 605. The molecule has 5 nitrogen and oxygen atoms in total. The van der Waals surface area contributed by atoms with Crippen molar-refractivity contribution in [2.24, 2.45) is 0 Å². The lowest BCUT2D eigenvalue weighted by atomic mass is 10.2. The third-order valence-corrected chi connectivity index (χ3v) is 3.51. The first kappa shape index (κ1) is 16.1. The normalized spacial score (nSPS) is 12.0. The Morgan fingerprint density at radius 1 is 1.36 bits per heavy atom. The molecule has 0 aliphatic rings. The highest BCUT2D eigenvalue weighted by Crippen LogP contribution is 2.23. The van der Waals surface area contributed by atoms with Crippen molar-refractivity contribution in [1.82, 2.24) is 10.3 Å². The van der Waals surface area contributed by atoms with E-state index in [1.807, 2.05) is 38.1 Å². The molecule has 1 atom stereocenters. The predicted molar refractivity (Wildman–Crippen MR) is 84.7 cm³/mol. The summed E-state index contributed by atoms with van der Waals surface area (Å²) in [7, 11) is 1.63. The zero-order valence-corrected chi connectivity index (χ0v) is 13.3. The second kappa shape index (κ2) is 7.64. The number of carbonyl (C=O) groups excluding carboxylic acids is 1. The number of nitrogens with one attached hydrogen (secondary N) is 1. The molecule has 22 heavy (non-hydrogen) atoms. The number of oxazole rings is 1. The molecule has 0 bridgehead atoms. The van der Waals surface area contributed by atoms with Gasteiger partial charge in [0.05, 0.1) is 13.3 Å². The smallest absolute Gasteiger partial charge is 0.220 e. The topological polar surface area (TPSA) is 64.4 Å². The van der Waals surface area contributed by atoms with Crippen LogP contribution in [0.1, 0.15) is 32.6 Å². The van der Waals surface area contributed by atoms with E-state index in [1.165, 1.54) is 0 Å². The third kappa shape index (κ3) is 4.35. The van der Waals surface area contributed by atoms with E-state index in [9.17, 15) is 4.79 Å². The van der Waals surface area contributed by atoms with E-state index < -0.39 is 0 Å². The predicted octanol–water partition coefficient (Wildman–Crippen LogP) is 3.20. The molecule has 0 spiro atoms. The summed E-state index contributed by atoms with van der Waals surface area (Å²) in [6, 6.07) is 7.78. The number of carbonyl (C=O) groups is 1. The SMILES string of the molecule is CCC(C)NC(=O)CCc1ncc(-c2ccc(OC)cc2)o1. The fourth-order valence-corrected chi connectivity index (χ4v) is 1.98. The maximum atomic E-state index is 11.7. The Hall–Kier alpha value is -2.30. The maximum Gasteiger partial charge on any atom is 0.220 e. The van der Waals surface area contributed by atoms with Gasteiger partial charge >= 0.3 is 0 Å². The van der Waals surface area contributed by atoms with E-state index in [-0.39, 0.29) is 11.9 Å². The van der Waals surface area contributed by atoms with Crippen LogP contribution in [-0.4, -0.2) is 24.0 Å². The highest BCUT2D eigenvalue weighted by Gasteiger charge is 2.10. The van der Waals surface area contributed by atoms with Crippen LogP contribution in [0.4, 0.5) is 0 Å². The first-order valence-electron chi connectivity index (χ1n) is 7.51. The van der Waals surface area contributed by atoms with Gasteiger partial charge in [-0.15, -0.1) is 0 Å². The number of aryl methyl sites for hydroxylation is 1. The van der Waals surface area contributed by atoms with Crippen LogP contribution in [-0.2, 0) is 11.2 Å². The van der Waals surface area contributed by atoms with Gasteiger partial charge in [-0.1, -0.05) is 6.92 Å². The van der Waals surface area contributed by atoms with Crippen molar-refractivity contribution in [3.63, 3.8) is 0 Å². The maximum absolute atomic E-state index is 11.7. The second-order valence-corrected chi connectivity index (χ2v) is 5.22. The van der Waals surface area contributed by atoms with Crippen LogP contribution in [0, 0.1) is 0 Å². The molecule has 0 aliphatic heterocycles.